The number of rotatable bonds is 16. The number of nitrogens with one attached hydrogen (secondary N) is 3. The molecule has 25 atom stereocenters. The number of ether oxygens (including phenoxy) is 9. The summed E-state index contributed by atoms with van der Waals surface area (Å²) in [6, 6.07) is -4.89. The highest BCUT2D eigenvalue weighted by Gasteiger charge is 2.56. The standard InChI is InChI=1S/C36H61N3O26/c1-9(44)37-17-24(51)29(63-35-27(54)25(52)20(47)12(4-40)60-35)15(7-43)62-33(17)57-8-16-23(50)30(18(32(56)58-16)38-10(2)45)64-34-19(39-11(3)46)31(22(49)14(6-42)59-34)65-36-28(55)26(53)21(48)13(5-41)61-36/h12-36,40-43,47-56H,4-8H2,1-3H3,(H,37,44)(H,38,45)(H,39,46)/t12-,13-,14-,15-,16-,17-,18-,19-,20+,21+,22-,23+,24-,25+,26+,27-,28-,29-,30-,31-,32?,33-,34+,35+,36+/m1/s1. The van der Waals surface area contributed by atoms with Crippen molar-refractivity contribution in [3.63, 3.8) is 0 Å². The summed E-state index contributed by atoms with van der Waals surface area (Å²) in [6.07, 6.45) is -39.3. The molecule has 5 saturated heterocycles. The van der Waals surface area contributed by atoms with Crippen LogP contribution < -0.4 is 16.0 Å². The summed E-state index contributed by atoms with van der Waals surface area (Å²) >= 11 is 0. The fourth-order valence-corrected chi connectivity index (χ4v) is 8.14. The number of hydrogen-bond donors (Lipinski definition) is 17. The molecule has 0 aromatic rings. The molecule has 0 aromatic heterocycles. The van der Waals surface area contributed by atoms with Gasteiger partial charge < -0.3 is 130 Å². The van der Waals surface area contributed by atoms with Crippen LogP contribution in [-0.4, -0.2) is 276 Å². The van der Waals surface area contributed by atoms with Gasteiger partial charge in [0.25, 0.3) is 0 Å². The predicted molar refractivity (Wildman–Crippen MR) is 201 cm³/mol. The summed E-state index contributed by atoms with van der Waals surface area (Å²) in [5, 5.41) is 155. The second kappa shape index (κ2) is 23.2. The maximum absolute atomic E-state index is 12.6. The van der Waals surface area contributed by atoms with Gasteiger partial charge >= 0.3 is 0 Å². The summed E-state index contributed by atoms with van der Waals surface area (Å²) in [5.74, 6) is -2.33. The van der Waals surface area contributed by atoms with E-state index >= 15 is 0 Å². The first-order chi connectivity index (χ1) is 30.7. The fraction of sp³-hybridized carbons (Fsp3) is 0.917. The minimum Gasteiger partial charge on any atom is -0.394 e. The monoisotopic (exact) mass is 951 g/mol. The molecule has 0 aliphatic carbocycles. The highest BCUT2D eigenvalue weighted by Crippen LogP contribution is 2.34. The van der Waals surface area contributed by atoms with Gasteiger partial charge in [-0.1, -0.05) is 0 Å². The van der Waals surface area contributed by atoms with E-state index < -0.39 is 204 Å². The summed E-state index contributed by atoms with van der Waals surface area (Å²) in [4.78, 5) is 37.2. The smallest absolute Gasteiger partial charge is 0.217 e. The van der Waals surface area contributed by atoms with Gasteiger partial charge in [-0.3, -0.25) is 14.4 Å². The van der Waals surface area contributed by atoms with Crippen molar-refractivity contribution in [1.29, 1.82) is 0 Å². The van der Waals surface area contributed by atoms with Crippen molar-refractivity contribution < 1.29 is 129 Å². The van der Waals surface area contributed by atoms with Gasteiger partial charge in [0.1, 0.15) is 122 Å². The average Bonchev–Trinajstić information content (AvgIpc) is 3.25. The van der Waals surface area contributed by atoms with Crippen molar-refractivity contribution in [3.05, 3.63) is 0 Å². The van der Waals surface area contributed by atoms with E-state index in [1.807, 2.05) is 0 Å². The molecule has 17 N–H and O–H groups in total. The molecule has 29 nitrogen and oxygen atoms in total. The van der Waals surface area contributed by atoms with Crippen LogP contribution in [0.5, 0.6) is 0 Å². The van der Waals surface area contributed by atoms with E-state index in [1.54, 1.807) is 0 Å². The molecule has 5 aliphatic rings. The minimum absolute atomic E-state index is 0.752. The zero-order valence-electron chi connectivity index (χ0n) is 35.1. The maximum atomic E-state index is 12.6. The van der Waals surface area contributed by atoms with E-state index in [9.17, 15) is 85.9 Å². The highest BCUT2D eigenvalue weighted by molar-refractivity contribution is 5.74. The molecule has 0 spiro atoms. The number of amides is 3. The summed E-state index contributed by atoms with van der Waals surface area (Å²) in [6.45, 7) is -1.19. The van der Waals surface area contributed by atoms with Crippen molar-refractivity contribution in [2.75, 3.05) is 33.0 Å². The molecule has 0 radical (unpaired) electrons. The van der Waals surface area contributed by atoms with Gasteiger partial charge in [0.2, 0.25) is 17.7 Å². The summed E-state index contributed by atoms with van der Waals surface area (Å²) < 4.78 is 51.5. The van der Waals surface area contributed by atoms with E-state index in [0.717, 1.165) is 20.8 Å². The second-order valence-corrected chi connectivity index (χ2v) is 16.2. The highest BCUT2D eigenvalue weighted by atomic mass is 16.8. The Morgan fingerprint density at radius 3 is 1.28 bits per heavy atom. The van der Waals surface area contributed by atoms with Crippen LogP contribution in [0.25, 0.3) is 0 Å². The van der Waals surface area contributed by atoms with Crippen LogP contribution in [0.1, 0.15) is 20.8 Å². The number of carbonyl (C=O) groups excluding carboxylic acids is 3. The summed E-state index contributed by atoms with van der Waals surface area (Å²) in [5.41, 5.74) is 0. The van der Waals surface area contributed by atoms with Gasteiger partial charge in [-0.25, -0.2) is 0 Å². The lowest BCUT2D eigenvalue weighted by molar-refractivity contribution is -0.360. The van der Waals surface area contributed by atoms with Crippen LogP contribution in [0.3, 0.4) is 0 Å². The Balaban J connectivity index is 1.38. The lowest BCUT2D eigenvalue weighted by atomic mass is 9.93. The minimum atomic E-state index is -2.03. The maximum Gasteiger partial charge on any atom is 0.217 e. The van der Waals surface area contributed by atoms with Crippen molar-refractivity contribution >= 4 is 17.7 Å². The molecule has 3 amide bonds. The zero-order chi connectivity index (χ0) is 48.2. The number of hydrogen-bond acceptors (Lipinski definition) is 26. The molecule has 0 bridgehead atoms. The van der Waals surface area contributed by atoms with Crippen LogP contribution >= 0.6 is 0 Å². The molecule has 376 valence electrons. The third kappa shape index (κ3) is 12.0. The Bertz CT molecular complexity index is 1550. The van der Waals surface area contributed by atoms with Crippen LogP contribution in [0.4, 0.5) is 0 Å². The fourth-order valence-electron chi connectivity index (χ4n) is 8.14. The Labute approximate surface area is 369 Å². The van der Waals surface area contributed by atoms with Gasteiger partial charge in [-0.2, -0.15) is 0 Å². The first kappa shape index (κ1) is 53.4. The van der Waals surface area contributed by atoms with Crippen molar-refractivity contribution in [2.24, 2.45) is 0 Å². The lowest BCUT2D eigenvalue weighted by Gasteiger charge is -2.50. The van der Waals surface area contributed by atoms with Gasteiger partial charge in [-0.05, 0) is 0 Å². The lowest BCUT2D eigenvalue weighted by Crippen LogP contribution is -2.71. The normalized spacial score (nSPS) is 47.1. The van der Waals surface area contributed by atoms with Crippen molar-refractivity contribution in [1.82, 2.24) is 16.0 Å². The molecule has 5 rings (SSSR count). The molecular weight excluding hydrogens is 890 g/mol. The topological polar surface area (TPSA) is 454 Å². The molecule has 5 heterocycles. The largest absolute Gasteiger partial charge is 0.394 e. The first-order valence-corrected chi connectivity index (χ1v) is 20.6. The van der Waals surface area contributed by atoms with E-state index in [2.05, 4.69) is 16.0 Å². The van der Waals surface area contributed by atoms with Crippen LogP contribution in [0.2, 0.25) is 0 Å². The number of aliphatic hydroxyl groups is 14. The molecule has 5 aliphatic heterocycles. The van der Waals surface area contributed by atoms with Crippen LogP contribution in [0, 0.1) is 0 Å². The average molecular weight is 952 g/mol. The Hall–Kier alpha value is -2.51. The third-order valence-electron chi connectivity index (χ3n) is 11.5. The quantitative estimate of drug-likeness (QED) is 0.0683. The van der Waals surface area contributed by atoms with E-state index in [0.29, 0.717) is 0 Å². The molecule has 0 aromatic carbocycles. The van der Waals surface area contributed by atoms with Gasteiger partial charge in [-0.15, -0.1) is 0 Å². The molecule has 5 fully saturated rings. The number of aliphatic hydroxyl groups excluding tert-OH is 14. The second-order valence-electron chi connectivity index (χ2n) is 16.2. The first-order valence-electron chi connectivity index (χ1n) is 20.6. The molecule has 0 saturated carbocycles. The van der Waals surface area contributed by atoms with E-state index in [4.69, 9.17) is 42.6 Å². The van der Waals surface area contributed by atoms with Gasteiger partial charge in [0.15, 0.2) is 31.5 Å². The third-order valence-corrected chi connectivity index (χ3v) is 11.5. The van der Waals surface area contributed by atoms with E-state index in [-0.39, 0.29) is 0 Å². The van der Waals surface area contributed by atoms with Crippen LogP contribution in [0.15, 0.2) is 0 Å². The van der Waals surface area contributed by atoms with Crippen molar-refractivity contribution in [3.8, 4) is 0 Å². The number of carbonyl (C=O) groups is 3. The molecule has 29 heteroatoms. The molecular formula is C36H61N3O26. The Kier molecular flexibility index (Phi) is 19.1. The molecule has 1 unspecified atom stereocenters. The Morgan fingerprint density at radius 2 is 0.785 bits per heavy atom. The van der Waals surface area contributed by atoms with Crippen LogP contribution in [-0.2, 0) is 57.0 Å². The van der Waals surface area contributed by atoms with Gasteiger partial charge in [0, 0.05) is 20.8 Å². The SMILES string of the molecule is CC(=O)N[C@H]1[C@H](OC[C@H]2OC(O)[C@H](NC(C)=O)[C@@H](O[C@@H]3O[C@H](CO)[C@@H](O)[C@H](O[C@@H]4O[C@H](CO)[C@H](O)[C@H](O)[C@H]4O)[C@H]3NC(C)=O)[C@H]2O)O[C@H](CO)[C@@H](O[C@@H]2O[C@H](CO)[C@H](O)[C@H](O)[C@H]2O)[C@@H]1O. The Morgan fingerprint density at radius 1 is 0.400 bits per heavy atom. The van der Waals surface area contributed by atoms with E-state index in [1.165, 1.54) is 0 Å². The molecule has 65 heavy (non-hydrogen) atoms. The zero-order valence-corrected chi connectivity index (χ0v) is 35.1. The predicted octanol–water partition coefficient (Wildman–Crippen LogP) is -11.5. The van der Waals surface area contributed by atoms with Gasteiger partial charge in [0.05, 0.1) is 33.0 Å². The summed E-state index contributed by atoms with van der Waals surface area (Å²) in [7, 11) is 0. The van der Waals surface area contributed by atoms with Crippen molar-refractivity contribution in [2.45, 2.75) is 174 Å².